The Morgan fingerprint density at radius 3 is 2.77 bits per heavy atom. The van der Waals surface area contributed by atoms with Crippen molar-refractivity contribution in [3.63, 3.8) is 0 Å². The van der Waals surface area contributed by atoms with Crippen LogP contribution in [0.2, 0.25) is 0 Å². The van der Waals surface area contributed by atoms with Gasteiger partial charge < -0.3 is 11.1 Å². The maximum Gasteiger partial charge on any atom is 0.128 e. The molecule has 4 nitrogen and oxygen atoms in total. The van der Waals surface area contributed by atoms with Crippen LogP contribution in [0.4, 0.5) is 5.82 Å². The lowest BCUT2D eigenvalue weighted by Gasteiger charge is -2.06. The van der Waals surface area contributed by atoms with E-state index in [0.717, 1.165) is 30.0 Å². The Morgan fingerprint density at radius 1 is 1.54 bits per heavy atom. The normalized spacial score (nSPS) is 10.5. The summed E-state index contributed by atoms with van der Waals surface area (Å²) < 4.78 is 1.85. The largest absolute Gasteiger partial charge is 0.370 e. The molecule has 3 N–H and O–H groups in total. The predicted octanol–water partition coefficient (Wildman–Crippen LogP) is 1.01. The summed E-state index contributed by atoms with van der Waals surface area (Å²) in [7, 11) is 1.93. The molecule has 0 aliphatic rings. The van der Waals surface area contributed by atoms with Crippen molar-refractivity contribution in [1.29, 1.82) is 0 Å². The molecular formula is C9H18N4. The molecule has 1 rings (SSSR count). The fourth-order valence-corrected chi connectivity index (χ4v) is 1.41. The van der Waals surface area contributed by atoms with Crippen molar-refractivity contribution in [2.24, 2.45) is 12.8 Å². The van der Waals surface area contributed by atoms with Crippen LogP contribution in [0.3, 0.4) is 0 Å². The van der Waals surface area contributed by atoms with E-state index in [1.54, 1.807) is 0 Å². The van der Waals surface area contributed by atoms with E-state index in [4.69, 9.17) is 5.73 Å². The quantitative estimate of drug-likeness (QED) is 0.730. The van der Waals surface area contributed by atoms with Gasteiger partial charge in [-0.2, -0.15) is 5.10 Å². The van der Waals surface area contributed by atoms with E-state index in [0.29, 0.717) is 6.54 Å². The highest BCUT2D eigenvalue weighted by Crippen LogP contribution is 2.17. The third-order valence-electron chi connectivity index (χ3n) is 2.09. The average molecular weight is 182 g/mol. The Balaban J connectivity index is 2.89. The van der Waals surface area contributed by atoms with E-state index in [-0.39, 0.29) is 0 Å². The van der Waals surface area contributed by atoms with Gasteiger partial charge in [0.25, 0.3) is 0 Å². The summed E-state index contributed by atoms with van der Waals surface area (Å²) in [6.45, 7) is 5.63. The number of hydrogen-bond donors (Lipinski definition) is 2. The molecule has 1 heterocycles. The maximum absolute atomic E-state index is 5.64. The van der Waals surface area contributed by atoms with E-state index in [1.165, 1.54) is 0 Å². The highest BCUT2D eigenvalue weighted by atomic mass is 15.3. The lowest BCUT2D eigenvalue weighted by Crippen LogP contribution is -2.08. The van der Waals surface area contributed by atoms with Crippen LogP contribution in [0.25, 0.3) is 0 Å². The zero-order chi connectivity index (χ0) is 9.84. The van der Waals surface area contributed by atoms with Crippen molar-refractivity contribution in [2.45, 2.75) is 26.8 Å². The van der Waals surface area contributed by atoms with Gasteiger partial charge in [-0.25, -0.2) is 0 Å². The first kappa shape index (κ1) is 10.1. The van der Waals surface area contributed by atoms with E-state index < -0.39 is 0 Å². The van der Waals surface area contributed by atoms with Gasteiger partial charge in [0.1, 0.15) is 5.82 Å². The van der Waals surface area contributed by atoms with Crippen LogP contribution >= 0.6 is 0 Å². The van der Waals surface area contributed by atoms with Crippen LogP contribution in [0.5, 0.6) is 0 Å². The number of anilines is 1. The van der Waals surface area contributed by atoms with E-state index >= 15 is 0 Å². The topological polar surface area (TPSA) is 55.9 Å². The minimum absolute atomic E-state index is 0.547. The molecule has 1 aromatic heterocycles. The second kappa shape index (κ2) is 4.28. The summed E-state index contributed by atoms with van der Waals surface area (Å²) in [6, 6.07) is 0. The number of aromatic nitrogens is 2. The summed E-state index contributed by atoms with van der Waals surface area (Å²) in [5, 5.41) is 7.63. The minimum atomic E-state index is 0.547. The Kier molecular flexibility index (Phi) is 3.31. The van der Waals surface area contributed by atoms with Gasteiger partial charge >= 0.3 is 0 Å². The fourth-order valence-electron chi connectivity index (χ4n) is 1.41. The maximum atomic E-state index is 5.64. The third kappa shape index (κ3) is 2.01. The van der Waals surface area contributed by atoms with Gasteiger partial charge in [-0.3, -0.25) is 4.68 Å². The standard InChI is InChI=1S/C9H18N4/c1-4-5-11-9-8(6-10)7(2)12-13(9)3/h11H,4-6,10H2,1-3H3. The van der Waals surface area contributed by atoms with Crippen LogP contribution in [0, 0.1) is 6.92 Å². The zero-order valence-corrected chi connectivity index (χ0v) is 8.59. The summed E-state index contributed by atoms with van der Waals surface area (Å²) in [5.74, 6) is 1.06. The second-order valence-corrected chi connectivity index (χ2v) is 3.17. The first-order chi connectivity index (χ1) is 6.20. The molecule has 0 saturated carbocycles. The van der Waals surface area contributed by atoms with Gasteiger partial charge in [0.2, 0.25) is 0 Å². The molecule has 0 aliphatic heterocycles. The van der Waals surface area contributed by atoms with Crippen molar-refractivity contribution in [2.75, 3.05) is 11.9 Å². The van der Waals surface area contributed by atoms with Crippen molar-refractivity contribution in [3.05, 3.63) is 11.3 Å². The average Bonchev–Trinajstić information content (AvgIpc) is 2.37. The van der Waals surface area contributed by atoms with Gasteiger partial charge in [0.05, 0.1) is 5.69 Å². The van der Waals surface area contributed by atoms with Crippen molar-refractivity contribution < 1.29 is 0 Å². The SMILES string of the molecule is CCCNc1c(CN)c(C)nn1C. The van der Waals surface area contributed by atoms with Crippen molar-refractivity contribution in [1.82, 2.24) is 9.78 Å². The molecule has 0 fully saturated rings. The molecule has 0 radical (unpaired) electrons. The molecule has 13 heavy (non-hydrogen) atoms. The molecule has 0 amide bonds. The Morgan fingerprint density at radius 2 is 2.23 bits per heavy atom. The van der Waals surface area contributed by atoms with Crippen LogP contribution in [0.15, 0.2) is 0 Å². The molecule has 0 saturated heterocycles. The molecule has 0 bridgehead atoms. The van der Waals surface area contributed by atoms with E-state index in [9.17, 15) is 0 Å². The number of nitrogens with zero attached hydrogens (tertiary/aromatic N) is 2. The van der Waals surface area contributed by atoms with Gasteiger partial charge in [-0.1, -0.05) is 6.92 Å². The smallest absolute Gasteiger partial charge is 0.128 e. The molecule has 0 spiro atoms. The lowest BCUT2D eigenvalue weighted by molar-refractivity contribution is 0.756. The Labute approximate surface area is 79.1 Å². The lowest BCUT2D eigenvalue weighted by atomic mass is 10.2. The summed E-state index contributed by atoms with van der Waals surface area (Å²) >= 11 is 0. The van der Waals surface area contributed by atoms with Gasteiger partial charge in [-0.15, -0.1) is 0 Å². The Bertz CT molecular complexity index is 277. The number of rotatable bonds is 4. The van der Waals surface area contributed by atoms with Crippen molar-refractivity contribution in [3.8, 4) is 0 Å². The van der Waals surface area contributed by atoms with Gasteiger partial charge in [0.15, 0.2) is 0 Å². The van der Waals surface area contributed by atoms with Crippen LogP contribution < -0.4 is 11.1 Å². The molecule has 4 heteroatoms. The highest BCUT2D eigenvalue weighted by Gasteiger charge is 2.09. The molecule has 0 aromatic carbocycles. The molecule has 0 atom stereocenters. The molecule has 0 aliphatic carbocycles. The fraction of sp³-hybridized carbons (Fsp3) is 0.667. The predicted molar refractivity (Wildman–Crippen MR) is 54.6 cm³/mol. The minimum Gasteiger partial charge on any atom is -0.370 e. The number of hydrogen-bond acceptors (Lipinski definition) is 3. The first-order valence-corrected chi connectivity index (χ1v) is 4.67. The van der Waals surface area contributed by atoms with Crippen LogP contribution in [-0.4, -0.2) is 16.3 Å². The van der Waals surface area contributed by atoms with Crippen LogP contribution in [-0.2, 0) is 13.6 Å². The summed E-state index contributed by atoms with van der Waals surface area (Å²) in [5.41, 5.74) is 7.78. The molecule has 0 unspecified atom stereocenters. The van der Waals surface area contributed by atoms with E-state index in [2.05, 4.69) is 17.3 Å². The number of aryl methyl sites for hydroxylation is 2. The van der Waals surface area contributed by atoms with Gasteiger partial charge in [-0.05, 0) is 13.3 Å². The summed E-state index contributed by atoms with van der Waals surface area (Å²) in [4.78, 5) is 0. The van der Waals surface area contributed by atoms with Gasteiger partial charge in [0, 0.05) is 25.7 Å². The Hall–Kier alpha value is -1.03. The number of nitrogens with two attached hydrogens (primary N) is 1. The molecule has 74 valence electrons. The summed E-state index contributed by atoms with van der Waals surface area (Å²) in [6.07, 6.45) is 1.11. The monoisotopic (exact) mass is 182 g/mol. The second-order valence-electron chi connectivity index (χ2n) is 3.17. The van der Waals surface area contributed by atoms with Crippen molar-refractivity contribution >= 4 is 5.82 Å². The molecule has 1 aromatic rings. The molecular weight excluding hydrogens is 164 g/mol. The number of nitrogens with one attached hydrogen (secondary N) is 1. The highest BCUT2D eigenvalue weighted by molar-refractivity contribution is 5.47. The zero-order valence-electron chi connectivity index (χ0n) is 8.59. The van der Waals surface area contributed by atoms with E-state index in [1.807, 2.05) is 18.7 Å². The van der Waals surface area contributed by atoms with Crippen LogP contribution in [0.1, 0.15) is 24.6 Å². The third-order valence-corrected chi connectivity index (χ3v) is 2.09. The first-order valence-electron chi connectivity index (χ1n) is 4.67.